The molecule has 84 valence electrons. The fourth-order valence-corrected chi connectivity index (χ4v) is 2.74. The van der Waals surface area contributed by atoms with E-state index in [1.165, 1.54) is 0 Å². The summed E-state index contributed by atoms with van der Waals surface area (Å²) < 4.78 is 25.3. The summed E-state index contributed by atoms with van der Waals surface area (Å²) in [6.07, 6.45) is 3.23. The third-order valence-corrected chi connectivity index (χ3v) is 3.76. The Morgan fingerprint density at radius 3 is 2.50 bits per heavy atom. The second kappa shape index (κ2) is 5.68. The zero-order valence-corrected chi connectivity index (χ0v) is 9.57. The monoisotopic (exact) mass is 220 g/mol. The second-order valence-electron chi connectivity index (χ2n) is 3.87. The number of sulfonamides is 1. The van der Waals surface area contributed by atoms with Gasteiger partial charge in [-0.1, -0.05) is 6.92 Å². The van der Waals surface area contributed by atoms with Gasteiger partial charge in [-0.15, -0.1) is 0 Å². The van der Waals surface area contributed by atoms with Crippen molar-refractivity contribution in [3.05, 3.63) is 0 Å². The van der Waals surface area contributed by atoms with Crippen molar-refractivity contribution in [2.45, 2.75) is 26.2 Å². The van der Waals surface area contributed by atoms with E-state index in [2.05, 4.69) is 17.0 Å². The fraction of sp³-hybridized carbons (Fsp3) is 1.00. The van der Waals surface area contributed by atoms with Crippen LogP contribution in [0, 0.1) is 5.92 Å². The molecule has 0 heterocycles. The molecule has 0 amide bonds. The van der Waals surface area contributed by atoms with Crippen LogP contribution in [0.2, 0.25) is 0 Å². The van der Waals surface area contributed by atoms with Gasteiger partial charge in [0.15, 0.2) is 0 Å². The van der Waals surface area contributed by atoms with Crippen LogP contribution in [0.15, 0.2) is 0 Å². The number of rotatable bonds is 8. The van der Waals surface area contributed by atoms with Crippen LogP contribution in [0.3, 0.4) is 0 Å². The zero-order valence-electron chi connectivity index (χ0n) is 8.75. The predicted octanol–water partition coefficient (Wildman–Crippen LogP) is 0.315. The minimum Gasteiger partial charge on any atom is -0.315 e. The van der Waals surface area contributed by atoms with Crippen LogP contribution in [-0.4, -0.2) is 33.8 Å². The van der Waals surface area contributed by atoms with Crippen molar-refractivity contribution in [1.29, 1.82) is 0 Å². The Hall–Kier alpha value is -0.130. The number of nitrogens with one attached hydrogen (secondary N) is 2. The standard InChI is InChI=1S/C9H20N2O2S/c1-2-5-10-6-7-11-14(12,13)8-9-3-4-9/h9-11H,2-8H2,1H3. The first-order valence-electron chi connectivity index (χ1n) is 5.32. The molecular weight excluding hydrogens is 200 g/mol. The van der Waals surface area contributed by atoms with Gasteiger partial charge >= 0.3 is 0 Å². The van der Waals surface area contributed by atoms with Crippen molar-refractivity contribution >= 4 is 10.0 Å². The Kier molecular flexibility index (Phi) is 4.84. The number of hydrogen-bond donors (Lipinski definition) is 2. The van der Waals surface area contributed by atoms with Crippen molar-refractivity contribution in [1.82, 2.24) is 10.0 Å². The Labute approximate surface area is 86.5 Å². The lowest BCUT2D eigenvalue weighted by Crippen LogP contribution is -2.34. The third kappa shape index (κ3) is 5.57. The van der Waals surface area contributed by atoms with Crippen LogP contribution in [0.25, 0.3) is 0 Å². The Morgan fingerprint density at radius 1 is 1.21 bits per heavy atom. The molecule has 0 aliphatic heterocycles. The van der Waals surface area contributed by atoms with Gasteiger partial charge in [-0.2, -0.15) is 0 Å². The third-order valence-electron chi connectivity index (χ3n) is 2.20. The maximum absolute atomic E-state index is 11.4. The zero-order chi connectivity index (χ0) is 10.4. The minimum atomic E-state index is -3.00. The predicted molar refractivity (Wildman–Crippen MR) is 57.7 cm³/mol. The first-order chi connectivity index (χ1) is 6.64. The van der Waals surface area contributed by atoms with Crippen LogP contribution in [0.4, 0.5) is 0 Å². The molecule has 0 radical (unpaired) electrons. The largest absolute Gasteiger partial charge is 0.315 e. The summed E-state index contributed by atoms with van der Waals surface area (Å²) in [6.45, 7) is 4.27. The molecule has 0 spiro atoms. The van der Waals surface area contributed by atoms with E-state index in [4.69, 9.17) is 0 Å². The van der Waals surface area contributed by atoms with E-state index in [-0.39, 0.29) is 0 Å². The smallest absolute Gasteiger partial charge is 0.211 e. The van der Waals surface area contributed by atoms with E-state index >= 15 is 0 Å². The summed E-state index contributed by atoms with van der Waals surface area (Å²) in [5, 5.41) is 3.15. The van der Waals surface area contributed by atoms with Gasteiger partial charge in [0.1, 0.15) is 0 Å². The van der Waals surface area contributed by atoms with Crippen LogP contribution >= 0.6 is 0 Å². The molecule has 4 nitrogen and oxygen atoms in total. The van der Waals surface area contributed by atoms with Gasteiger partial charge in [-0.3, -0.25) is 0 Å². The minimum absolute atomic E-state index is 0.320. The molecule has 14 heavy (non-hydrogen) atoms. The first kappa shape index (κ1) is 11.9. The summed E-state index contributed by atoms with van der Waals surface area (Å²) in [5.74, 6) is 0.747. The molecule has 0 unspecified atom stereocenters. The molecule has 0 bridgehead atoms. The highest BCUT2D eigenvalue weighted by Gasteiger charge is 2.27. The fourth-order valence-electron chi connectivity index (χ4n) is 1.25. The lowest BCUT2D eigenvalue weighted by Gasteiger charge is -2.06. The Balaban J connectivity index is 2.03. The molecule has 5 heteroatoms. The van der Waals surface area contributed by atoms with E-state index in [1.54, 1.807) is 0 Å². The number of hydrogen-bond acceptors (Lipinski definition) is 3. The highest BCUT2D eigenvalue weighted by Crippen LogP contribution is 2.29. The van der Waals surface area contributed by atoms with E-state index in [0.717, 1.165) is 32.4 Å². The second-order valence-corrected chi connectivity index (χ2v) is 5.72. The molecule has 0 aromatic heterocycles. The molecule has 1 rings (SSSR count). The van der Waals surface area contributed by atoms with E-state index in [0.29, 0.717) is 18.2 Å². The lowest BCUT2D eigenvalue weighted by molar-refractivity contribution is 0.572. The van der Waals surface area contributed by atoms with Gasteiger partial charge in [-0.25, -0.2) is 13.1 Å². The van der Waals surface area contributed by atoms with Gasteiger partial charge < -0.3 is 5.32 Å². The van der Waals surface area contributed by atoms with Crippen LogP contribution in [-0.2, 0) is 10.0 Å². The van der Waals surface area contributed by atoms with Gasteiger partial charge in [0, 0.05) is 13.1 Å². The summed E-state index contributed by atoms with van der Waals surface area (Å²) >= 11 is 0. The average molecular weight is 220 g/mol. The molecule has 1 aliphatic carbocycles. The van der Waals surface area contributed by atoms with Gasteiger partial charge in [0.05, 0.1) is 5.75 Å². The molecular formula is C9H20N2O2S. The van der Waals surface area contributed by atoms with Crippen LogP contribution < -0.4 is 10.0 Å². The van der Waals surface area contributed by atoms with Crippen molar-refractivity contribution < 1.29 is 8.42 Å². The van der Waals surface area contributed by atoms with Crippen molar-refractivity contribution in [3.63, 3.8) is 0 Å². The molecule has 1 saturated carbocycles. The molecule has 0 atom stereocenters. The van der Waals surface area contributed by atoms with Crippen LogP contribution in [0.1, 0.15) is 26.2 Å². The van der Waals surface area contributed by atoms with Crippen molar-refractivity contribution in [2.24, 2.45) is 5.92 Å². The van der Waals surface area contributed by atoms with Crippen molar-refractivity contribution in [2.75, 3.05) is 25.4 Å². The van der Waals surface area contributed by atoms with E-state index in [9.17, 15) is 8.42 Å². The van der Waals surface area contributed by atoms with Crippen molar-refractivity contribution in [3.8, 4) is 0 Å². The van der Waals surface area contributed by atoms with Gasteiger partial charge in [0.25, 0.3) is 0 Å². The summed E-state index contributed by atoms with van der Waals surface area (Å²) in [5.41, 5.74) is 0. The first-order valence-corrected chi connectivity index (χ1v) is 6.97. The SMILES string of the molecule is CCCNCCNS(=O)(=O)CC1CC1. The molecule has 0 aromatic carbocycles. The van der Waals surface area contributed by atoms with E-state index < -0.39 is 10.0 Å². The highest BCUT2D eigenvalue weighted by atomic mass is 32.2. The summed E-state index contributed by atoms with van der Waals surface area (Å²) in [7, 11) is -3.00. The highest BCUT2D eigenvalue weighted by molar-refractivity contribution is 7.89. The molecule has 1 aliphatic rings. The normalized spacial score (nSPS) is 17.2. The average Bonchev–Trinajstić information content (AvgIpc) is 2.87. The summed E-state index contributed by atoms with van der Waals surface area (Å²) in [6, 6.07) is 0. The molecule has 2 N–H and O–H groups in total. The molecule has 0 aromatic rings. The van der Waals surface area contributed by atoms with Gasteiger partial charge in [-0.05, 0) is 31.7 Å². The quantitative estimate of drug-likeness (QED) is 0.579. The summed E-state index contributed by atoms with van der Waals surface area (Å²) in [4.78, 5) is 0. The maximum Gasteiger partial charge on any atom is 0.211 e. The maximum atomic E-state index is 11.4. The molecule has 1 fully saturated rings. The molecule has 0 saturated heterocycles. The van der Waals surface area contributed by atoms with E-state index in [1.807, 2.05) is 0 Å². The topological polar surface area (TPSA) is 58.2 Å². The Morgan fingerprint density at radius 2 is 1.93 bits per heavy atom. The van der Waals surface area contributed by atoms with Gasteiger partial charge in [0.2, 0.25) is 10.0 Å². The lowest BCUT2D eigenvalue weighted by atomic mass is 10.5. The Bertz CT molecular complexity index is 248. The van der Waals surface area contributed by atoms with Crippen LogP contribution in [0.5, 0.6) is 0 Å².